The van der Waals surface area contributed by atoms with Gasteiger partial charge in [-0.25, -0.2) is 4.79 Å². The molecule has 22 heavy (non-hydrogen) atoms. The number of rotatable bonds is 1. The van der Waals surface area contributed by atoms with Crippen LogP contribution in [-0.2, 0) is 12.0 Å². The summed E-state index contributed by atoms with van der Waals surface area (Å²) < 4.78 is 39.1. The molecule has 7 heteroatoms. The second-order valence-corrected chi connectivity index (χ2v) is 6.49. The van der Waals surface area contributed by atoms with Crippen molar-refractivity contribution in [3.63, 3.8) is 0 Å². The average molecular weight is 317 g/mol. The van der Waals surface area contributed by atoms with Crippen molar-refractivity contribution < 1.29 is 28.2 Å². The van der Waals surface area contributed by atoms with E-state index in [1.807, 2.05) is 0 Å². The number of anilines is 1. The van der Waals surface area contributed by atoms with Gasteiger partial charge >= 0.3 is 12.3 Å². The van der Waals surface area contributed by atoms with Gasteiger partial charge in [0.1, 0.15) is 0 Å². The minimum atomic E-state index is -4.75. The number of halogens is 3. The third-order valence-corrected chi connectivity index (χ3v) is 3.88. The summed E-state index contributed by atoms with van der Waals surface area (Å²) >= 11 is 0. The number of benzene rings is 1. The molecule has 1 aromatic carbocycles. The first-order valence-corrected chi connectivity index (χ1v) is 6.83. The van der Waals surface area contributed by atoms with Crippen LogP contribution in [0.5, 0.6) is 0 Å². The zero-order valence-corrected chi connectivity index (χ0v) is 12.5. The fourth-order valence-corrected chi connectivity index (χ4v) is 2.86. The second-order valence-electron chi connectivity index (χ2n) is 6.49. The van der Waals surface area contributed by atoms with E-state index < -0.39 is 29.8 Å². The minimum absolute atomic E-state index is 0.0524. The van der Waals surface area contributed by atoms with Crippen molar-refractivity contribution in [2.24, 2.45) is 0 Å². The van der Waals surface area contributed by atoms with Gasteiger partial charge in [-0.3, -0.25) is 4.90 Å². The maximum absolute atomic E-state index is 13.0. The van der Waals surface area contributed by atoms with Gasteiger partial charge in [0.05, 0.1) is 0 Å². The summed E-state index contributed by atoms with van der Waals surface area (Å²) in [7, 11) is 0. The summed E-state index contributed by atoms with van der Waals surface area (Å²) in [5.41, 5.74) is -3.16. The van der Waals surface area contributed by atoms with Gasteiger partial charge in [-0.05, 0) is 56.9 Å². The molecule has 0 unspecified atom stereocenters. The summed E-state index contributed by atoms with van der Waals surface area (Å²) in [4.78, 5) is 12.5. The van der Waals surface area contributed by atoms with E-state index in [0.29, 0.717) is 11.3 Å². The number of aliphatic hydroxyl groups is 1. The standard InChI is InChI=1S/C15H18F3NO3/c1-13(2,3)19(12(20)21)10-4-5-11-9(8-10)6-7-14(11,22)15(16,17)18/h4-5,8,22H,6-7H2,1-3H3,(H,20,21)/t14-/m1/s1. The predicted molar refractivity (Wildman–Crippen MR) is 75.0 cm³/mol. The van der Waals surface area contributed by atoms with Crippen molar-refractivity contribution in [2.75, 3.05) is 4.90 Å². The number of carbonyl (C=O) groups is 1. The molecule has 0 fully saturated rings. The van der Waals surface area contributed by atoms with Crippen molar-refractivity contribution in [3.05, 3.63) is 29.3 Å². The Bertz CT molecular complexity index is 607. The normalized spacial score (nSPS) is 21.6. The molecule has 0 radical (unpaired) electrons. The zero-order chi connectivity index (χ0) is 16.9. The van der Waals surface area contributed by atoms with E-state index in [2.05, 4.69) is 0 Å². The highest BCUT2D eigenvalue weighted by Gasteiger charge is 2.57. The van der Waals surface area contributed by atoms with E-state index >= 15 is 0 Å². The Morgan fingerprint density at radius 3 is 2.32 bits per heavy atom. The predicted octanol–water partition coefficient (Wildman–Crippen LogP) is 3.67. The van der Waals surface area contributed by atoms with E-state index in [-0.39, 0.29) is 12.0 Å². The second kappa shape index (κ2) is 4.87. The molecule has 0 heterocycles. The Labute approximate surface area is 126 Å². The lowest BCUT2D eigenvalue weighted by Crippen LogP contribution is -2.45. The van der Waals surface area contributed by atoms with Crippen molar-refractivity contribution in [3.8, 4) is 0 Å². The summed E-state index contributed by atoms with van der Waals surface area (Å²) in [6.45, 7) is 5.08. The molecular formula is C15H18F3NO3. The zero-order valence-electron chi connectivity index (χ0n) is 12.5. The Morgan fingerprint density at radius 2 is 1.86 bits per heavy atom. The Balaban J connectivity index is 2.49. The molecule has 0 bridgehead atoms. The number of hydrogen-bond acceptors (Lipinski definition) is 2. The molecule has 2 rings (SSSR count). The molecule has 1 aromatic rings. The van der Waals surface area contributed by atoms with E-state index in [1.165, 1.54) is 18.2 Å². The largest absolute Gasteiger partial charge is 0.465 e. The molecular weight excluding hydrogens is 299 g/mol. The van der Waals surface area contributed by atoms with Crippen molar-refractivity contribution in [1.29, 1.82) is 0 Å². The Kier molecular flexibility index (Phi) is 3.68. The van der Waals surface area contributed by atoms with Crippen LogP contribution in [0.15, 0.2) is 18.2 Å². The maximum Gasteiger partial charge on any atom is 0.421 e. The van der Waals surface area contributed by atoms with Crippen LogP contribution >= 0.6 is 0 Å². The molecule has 1 amide bonds. The quantitative estimate of drug-likeness (QED) is 0.831. The van der Waals surface area contributed by atoms with Crippen LogP contribution in [0.25, 0.3) is 0 Å². The van der Waals surface area contributed by atoms with Crippen LogP contribution in [0.4, 0.5) is 23.7 Å². The van der Waals surface area contributed by atoms with Gasteiger partial charge in [-0.1, -0.05) is 6.07 Å². The fraction of sp³-hybridized carbons (Fsp3) is 0.533. The molecule has 0 aliphatic heterocycles. The van der Waals surface area contributed by atoms with E-state index in [0.717, 1.165) is 4.90 Å². The molecule has 1 aliphatic rings. The Morgan fingerprint density at radius 1 is 1.27 bits per heavy atom. The van der Waals surface area contributed by atoms with Gasteiger partial charge in [0.2, 0.25) is 0 Å². The number of nitrogens with zero attached hydrogens (tertiary/aromatic N) is 1. The summed E-state index contributed by atoms with van der Waals surface area (Å²) in [6, 6.07) is 3.89. The topological polar surface area (TPSA) is 60.8 Å². The molecule has 1 aliphatic carbocycles. The summed E-state index contributed by atoms with van der Waals surface area (Å²) in [5.74, 6) is 0. The van der Waals surface area contributed by atoms with Crippen LogP contribution in [-0.4, -0.2) is 28.0 Å². The van der Waals surface area contributed by atoms with Crippen LogP contribution < -0.4 is 4.90 Å². The highest BCUT2D eigenvalue weighted by atomic mass is 19.4. The lowest BCUT2D eigenvalue weighted by atomic mass is 9.94. The molecule has 1 atom stereocenters. The molecule has 2 N–H and O–H groups in total. The van der Waals surface area contributed by atoms with Crippen molar-refractivity contribution in [2.45, 2.75) is 50.9 Å². The first-order chi connectivity index (χ1) is 9.88. The van der Waals surface area contributed by atoms with Gasteiger partial charge in [-0.2, -0.15) is 13.2 Å². The van der Waals surface area contributed by atoms with Gasteiger partial charge in [0, 0.05) is 11.2 Å². The molecule has 0 spiro atoms. The smallest absolute Gasteiger partial charge is 0.421 e. The first kappa shape index (κ1) is 16.6. The SMILES string of the molecule is CC(C)(C)N(C(=O)O)c1ccc2c(c1)CC[C@]2(O)C(F)(F)F. The van der Waals surface area contributed by atoms with Gasteiger partial charge in [0.25, 0.3) is 0 Å². The minimum Gasteiger partial charge on any atom is -0.465 e. The number of alkyl halides is 3. The van der Waals surface area contributed by atoms with E-state index in [9.17, 15) is 28.2 Å². The van der Waals surface area contributed by atoms with E-state index in [4.69, 9.17) is 0 Å². The number of amides is 1. The molecule has 0 aromatic heterocycles. The van der Waals surface area contributed by atoms with Crippen LogP contribution in [0.1, 0.15) is 38.3 Å². The molecule has 122 valence electrons. The molecule has 0 saturated carbocycles. The third kappa shape index (κ3) is 2.54. The molecule has 0 saturated heterocycles. The third-order valence-electron chi connectivity index (χ3n) is 3.88. The van der Waals surface area contributed by atoms with E-state index in [1.54, 1.807) is 20.8 Å². The molecule has 4 nitrogen and oxygen atoms in total. The Hall–Kier alpha value is -1.76. The van der Waals surface area contributed by atoms with Crippen molar-refractivity contribution in [1.82, 2.24) is 0 Å². The van der Waals surface area contributed by atoms with Crippen LogP contribution in [0, 0.1) is 0 Å². The highest BCUT2D eigenvalue weighted by molar-refractivity contribution is 5.87. The summed E-state index contributed by atoms with van der Waals surface area (Å²) in [5, 5.41) is 19.3. The maximum atomic E-state index is 13.0. The first-order valence-electron chi connectivity index (χ1n) is 6.83. The van der Waals surface area contributed by atoms with Gasteiger partial charge < -0.3 is 10.2 Å². The lowest BCUT2D eigenvalue weighted by Gasteiger charge is -2.33. The number of hydrogen-bond donors (Lipinski definition) is 2. The average Bonchev–Trinajstić information content (AvgIpc) is 2.65. The summed E-state index contributed by atoms with van der Waals surface area (Å²) in [6.07, 6.45) is -6.33. The van der Waals surface area contributed by atoms with Gasteiger partial charge in [0.15, 0.2) is 5.60 Å². The van der Waals surface area contributed by atoms with Crippen molar-refractivity contribution >= 4 is 11.8 Å². The number of fused-ring (bicyclic) bond motifs is 1. The number of aryl methyl sites for hydroxylation is 1. The highest BCUT2D eigenvalue weighted by Crippen LogP contribution is 2.48. The van der Waals surface area contributed by atoms with Gasteiger partial charge in [-0.15, -0.1) is 0 Å². The van der Waals surface area contributed by atoms with Crippen LogP contribution in [0.3, 0.4) is 0 Å². The monoisotopic (exact) mass is 317 g/mol. The fourth-order valence-electron chi connectivity index (χ4n) is 2.86. The van der Waals surface area contributed by atoms with Crippen LogP contribution in [0.2, 0.25) is 0 Å². The number of carboxylic acid groups (broad SMARTS) is 1. The lowest BCUT2D eigenvalue weighted by molar-refractivity contribution is -0.265.